The molecule has 2 N–H and O–H groups in total. The Bertz CT molecular complexity index is 1120. The number of nitrogens with one attached hydrogen (secondary N) is 2. The second-order valence-electron chi connectivity index (χ2n) is 5.33. The van der Waals surface area contributed by atoms with Crippen LogP contribution in [-0.2, 0) is 10.0 Å². The Morgan fingerprint density at radius 2 is 1.92 bits per heavy atom. The average Bonchev–Trinajstić information content (AvgIpc) is 3.26. The standard InChI is InChI=1S/C17H12ClN3O2S2/c18-13-8-7-11(21-25(22,23)16-6-3-9-24-16)10-12(13)17-19-14-4-1-2-5-15(14)20-17/h1-10,21H,(H,19,20). The van der Waals surface area contributed by atoms with Crippen molar-refractivity contribution < 1.29 is 8.42 Å². The fourth-order valence-corrected chi connectivity index (χ4v) is 4.72. The predicted octanol–water partition coefficient (Wildman–Crippen LogP) is 4.75. The maximum absolute atomic E-state index is 12.4. The molecule has 25 heavy (non-hydrogen) atoms. The van der Waals surface area contributed by atoms with Crippen LogP contribution in [0.2, 0.25) is 5.02 Å². The van der Waals surface area contributed by atoms with Crippen LogP contribution >= 0.6 is 22.9 Å². The highest BCUT2D eigenvalue weighted by atomic mass is 35.5. The third-order valence-corrected chi connectivity index (χ3v) is 6.73. The summed E-state index contributed by atoms with van der Waals surface area (Å²) in [5.41, 5.74) is 2.76. The molecule has 4 aromatic rings. The Balaban J connectivity index is 1.74. The number of para-hydroxylation sites is 2. The number of nitrogens with zero attached hydrogens (tertiary/aromatic N) is 1. The number of halogens is 1. The Labute approximate surface area is 153 Å². The van der Waals surface area contributed by atoms with Crippen LogP contribution < -0.4 is 4.72 Å². The molecule has 0 atom stereocenters. The molecule has 0 aliphatic heterocycles. The van der Waals surface area contributed by atoms with Crippen molar-refractivity contribution in [1.29, 1.82) is 0 Å². The van der Waals surface area contributed by atoms with Crippen LogP contribution in [0.3, 0.4) is 0 Å². The SMILES string of the molecule is O=S(=O)(Nc1ccc(Cl)c(-c2nc3ccccc3[nH]2)c1)c1cccs1. The molecule has 0 saturated heterocycles. The van der Waals surface area contributed by atoms with Gasteiger partial charge < -0.3 is 4.98 Å². The molecule has 0 fully saturated rings. The molecule has 2 heterocycles. The third-order valence-electron chi connectivity index (χ3n) is 3.62. The van der Waals surface area contributed by atoms with Gasteiger partial charge in [-0.3, -0.25) is 4.72 Å². The van der Waals surface area contributed by atoms with E-state index in [2.05, 4.69) is 14.7 Å². The maximum Gasteiger partial charge on any atom is 0.271 e. The number of H-pyrrole nitrogens is 1. The van der Waals surface area contributed by atoms with E-state index in [4.69, 9.17) is 11.6 Å². The highest BCUT2D eigenvalue weighted by Crippen LogP contribution is 2.31. The van der Waals surface area contributed by atoms with E-state index in [-0.39, 0.29) is 4.21 Å². The smallest absolute Gasteiger partial charge is 0.271 e. The van der Waals surface area contributed by atoms with E-state index in [9.17, 15) is 8.42 Å². The molecule has 0 amide bonds. The van der Waals surface area contributed by atoms with E-state index in [0.717, 1.165) is 22.4 Å². The number of imidazole rings is 1. The van der Waals surface area contributed by atoms with Crippen LogP contribution in [0, 0.1) is 0 Å². The quantitative estimate of drug-likeness (QED) is 0.529. The van der Waals surface area contributed by atoms with Crippen LogP contribution in [0.15, 0.2) is 64.2 Å². The first-order chi connectivity index (χ1) is 12.0. The summed E-state index contributed by atoms with van der Waals surface area (Å²) in [6.45, 7) is 0. The molecule has 4 rings (SSSR count). The van der Waals surface area contributed by atoms with Gasteiger partial charge in [0.05, 0.1) is 16.1 Å². The van der Waals surface area contributed by atoms with Crippen molar-refractivity contribution in [2.24, 2.45) is 0 Å². The van der Waals surface area contributed by atoms with Gasteiger partial charge in [-0.25, -0.2) is 13.4 Å². The number of hydrogen-bond acceptors (Lipinski definition) is 4. The zero-order valence-corrected chi connectivity index (χ0v) is 15.1. The first kappa shape index (κ1) is 16.1. The van der Waals surface area contributed by atoms with Gasteiger partial charge in [-0.05, 0) is 41.8 Å². The number of benzene rings is 2. The molecule has 0 aliphatic rings. The summed E-state index contributed by atoms with van der Waals surface area (Å²) in [5, 5.41) is 2.20. The van der Waals surface area contributed by atoms with Gasteiger partial charge in [-0.2, -0.15) is 0 Å². The number of rotatable bonds is 4. The minimum atomic E-state index is -3.61. The molecule has 0 spiro atoms. The monoisotopic (exact) mass is 389 g/mol. The Morgan fingerprint density at radius 1 is 1.08 bits per heavy atom. The number of aromatic amines is 1. The first-order valence-corrected chi connectivity index (χ1v) is 10.1. The van der Waals surface area contributed by atoms with Crippen molar-refractivity contribution in [3.05, 3.63) is 65.0 Å². The van der Waals surface area contributed by atoms with Gasteiger partial charge in [0.2, 0.25) is 0 Å². The van der Waals surface area contributed by atoms with E-state index >= 15 is 0 Å². The minimum Gasteiger partial charge on any atom is -0.338 e. The summed E-state index contributed by atoms with van der Waals surface area (Å²) in [6, 6.07) is 15.8. The van der Waals surface area contributed by atoms with E-state index in [1.165, 1.54) is 0 Å². The fraction of sp³-hybridized carbons (Fsp3) is 0. The molecule has 2 aromatic carbocycles. The molecule has 5 nitrogen and oxygen atoms in total. The van der Waals surface area contributed by atoms with Crippen LogP contribution in [0.5, 0.6) is 0 Å². The molecule has 0 aliphatic carbocycles. The van der Waals surface area contributed by atoms with Crippen LogP contribution in [0.1, 0.15) is 0 Å². The molecule has 8 heteroatoms. The summed E-state index contributed by atoms with van der Waals surface area (Å²) >= 11 is 7.45. The molecule has 0 radical (unpaired) electrons. The van der Waals surface area contributed by atoms with Crippen LogP contribution in [0.4, 0.5) is 5.69 Å². The van der Waals surface area contributed by atoms with Crippen LogP contribution in [0.25, 0.3) is 22.4 Å². The van der Waals surface area contributed by atoms with Crippen molar-refractivity contribution in [3.63, 3.8) is 0 Å². The lowest BCUT2D eigenvalue weighted by atomic mass is 10.2. The Morgan fingerprint density at radius 3 is 2.68 bits per heavy atom. The molecular formula is C17H12ClN3O2S2. The molecular weight excluding hydrogens is 378 g/mol. The molecule has 126 valence electrons. The second-order valence-corrected chi connectivity index (χ2v) is 8.60. The zero-order chi connectivity index (χ0) is 17.4. The van der Waals surface area contributed by atoms with Crippen molar-refractivity contribution in [1.82, 2.24) is 9.97 Å². The summed E-state index contributed by atoms with van der Waals surface area (Å²) in [5.74, 6) is 0.586. The number of thiophene rings is 1. The Kier molecular flexibility index (Phi) is 3.99. The molecule has 0 saturated carbocycles. The number of fused-ring (bicyclic) bond motifs is 1. The summed E-state index contributed by atoms with van der Waals surface area (Å²) in [6.07, 6.45) is 0. The summed E-state index contributed by atoms with van der Waals surface area (Å²) in [7, 11) is -3.61. The largest absolute Gasteiger partial charge is 0.338 e. The van der Waals surface area contributed by atoms with Gasteiger partial charge in [-0.15, -0.1) is 11.3 Å². The lowest BCUT2D eigenvalue weighted by Crippen LogP contribution is -2.11. The van der Waals surface area contributed by atoms with Crippen molar-refractivity contribution in [2.45, 2.75) is 4.21 Å². The molecule has 0 unspecified atom stereocenters. The van der Waals surface area contributed by atoms with Gasteiger partial charge in [0, 0.05) is 11.3 Å². The number of anilines is 1. The fourth-order valence-electron chi connectivity index (χ4n) is 2.47. The van der Waals surface area contributed by atoms with E-state index in [1.807, 2.05) is 24.3 Å². The average molecular weight is 390 g/mol. The number of sulfonamides is 1. The normalized spacial score (nSPS) is 11.7. The maximum atomic E-state index is 12.4. The molecule has 0 bridgehead atoms. The highest BCUT2D eigenvalue weighted by Gasteiger charge is 2.17. The van der Waals surface area contributed by atoms with Crippen molar-refractivity contribution >= 4 is 49.7 Å². The number of hydrogen-bond donors (Lipinski definition) is 2. The van der Waals surface area contributed by atoms with Crippen LogP contribution in [-0.4, -0.2) is 18.4 Å². The predicted molar refractivity (Wildman–Crippen MR) is 102 cm³/mol. The lowest BCUT2D eigenvalue weighted by molar-refractivity contribution is 0.603. The van der Waals surface area contributed by atoms with E-state index < -0.39 is 10.0 Å². The summed E-state index contributed by atoms with van der Waals surface area (Å²) < 4.78 is 27.6. The highest BCUT2D eigenvalue weighted by molar-refractivity contribution is 7.94. The number of aromatic nitrogens is 2. The lowest BCUT2D eigenvalue weighted by Gasteiger charge is -2.08. The second kappa shape index (κ2) is 6.18. The summed E-state index contributed by atoms with van der Waals surface area (Å²) in [4.78, 5) is 7.72. The first-order valence-electron chi connectivity index (χ1n) is 7.34. The third kappa shape index (κ3) is 3.13. The zero-order valence-electron chi connectivity index (χ0n) is 12.7. The van der Waals surface area contributed by atoms with Gasteiger partial charge >= 0.3 is 0 Å². The van der Waals surface area contributed by atoms with Crippen molar-refractivity contribution in [3.8, 4) is 11.4 Å². The van der Waals surface area contributed by atoms with Gasteiger partial charge in [0.15, 0.2) is 0 Å². The Hall–Kier alpha value is -2.35. The molecule has 2 aromatic heterocycles. The van der Waals surface area contributed by atoms with E-state index in [0.29, 0.717) is 22.1 Å². The topological polar surface area (TPSA) is 74.8 Å². The van der Waals surface area contributed by atoms with Gasteiger partial charge in [-0.1, -0.05) is 29.8 Å². The van der Waals surface area contributed by atoms with Crippen molar-refractivity contribution in [2.75, 3.05) is 4.72 Å². The minimum absolute atomic E-state index is 0.257. The van der Waals surface area contributed by atoms with E-state index in [1.54, 1.807) is 35.7 Å². The van der Waals surface area contributed by atoms with Gasteiger partial charge in [0.1, 0.15) is 10.0 Å². The van der Waals surface area contributed by atoms with Gasteiger partial charge in [0.25, 0.3) is 10.0 Å².